The molecule has 1 fully saturated rings. The van der Waals surface area contributed by atoms with E-state index in [2.05, 4.69) is 10.2 Å². The van der Waals surface area contributed by atoms with Crippen molar-refractivity contribution in [1.82, 2.24) is 10.2 Å². The minimum absolute atomic E-state index is 0.0446. The second-order valence-electron chi connectivity index (χ2n) is 4.55. The van der Waals surface area contributed by atoms with Crippen LogP contribution in [-0.4, -0.2) is 33.0 Å². The Morgan fingerprint density at radius 2 is 2.37 bits per heavy atom. The maximum Gasteiger partial charge on any atom is 0.228 e. The minimum Gasteiger partial charge on any atom is -0.309 e. The van der Waals surface area contributed by atoms with E-state index < -0.39 is 0 Å². The van der Waals surface area contributed by atoms with Gasteiger partial charge in [-0.2, -0.15) is 5.10 Å². The fraction of sp³-hybridized carbons (Fsp3) is 0.308. The van der Waals surface area contributed by atoms with Crippen LogP contribution in [0, 0.1) is 0 Å². The van der Waals surface area contributed by atoms with Gasteiger partial charge >= 0.3 is 0 Å². The molecule has 1 amide bonds. The number of rotatable bonds is 2. The molecule has 1 aliphatic heterocycles. The number of aromatic amines is 1. The molecule has 2 aromatic rings. The van der Waals surface area contributed by atoms with Gasteiger partial charge in [0.15, 0.2) is 5.12 Å². The third kappa shape index (κ3) is 2.23. The normalized spacial score (nSPS) is 19.3. The SMILES string of the molecule is CC(=O)SC1CC(=O)N(c2cccc3cn[nH]c23)C1. The van der Waals surface area contributed by atoms with Crippen LogP contribution >= 0.6 is 11.8 Å². The number of benzene rings is 1. The highest BCUT2D eigenvalue weighted by molar-refractivity contribution is 8.14. The summed E-state index contributed by atoms with van der Waals surface area (Å²) in [5, 5.41) is 8.01. The second-order valence-corrected chi connectivity index (χ2v) is 6.03. The van der Waals surface area contributed by atoms with Crippen molar-refractivity contribution in [3.05, 3.63) is 24.4 Å². The number of fused-ring (bicyclic) bond motifs is 1. The van der Waals surface area contributed by atoms with Gasteiger partial charge in [0.25, 0.3) is 0 Å². The van der Waals surface area contributed by atoms with Crippen LogP contribution in [-0.2, 0) is 9.59 Å². The van der Waals surface area contributed by atoms with E-state index in [0.29, 0.717) is 13.0 Å². The monoisotopic (exact) mass is 275 g/mol. The average Bonchev–Trinajstić information content (AvgIpc) is 2.94. The second kappa shape index (κ2) is 4.70. The predicted octanol–water partition coefficient (Wildman–Crippen LogP) is 1.95. The first-order valence-electron chi connectivity index (χ1n) is 6.05. The van der Waals surface area contributed by atoms with E-state index in [4.69, 9.17) is 0 Å². The molecule has 1 aromatic carbocycles. The molecule has 0 spiro atoms. The lowest BCUT2D eigenvalue weighted by Gasteiger charge is -2.17. The van der Waals surface area contributed by atoms with Crippen molar-refractivity contribution in [2.45, 2.75) is 18.6 Å². The summed E-state index contributed by atoms with van der Waals surface area (Å²) >= 11 is 1.24. The molecular weight excluding hydrogens is 262 g/mol. The molecule has 0 bridgehead atoms. The standard InChI is InChI=1S/C13H13N3O2S/c1-8(17)19-10-5-12(18)16(7-10)11-4-2-3-9-6-14-15-13(9)11/h2-4,6,10H,5,7H2,1H3,(H,14,15). The number of para-hydroxylation sites is 1. The first kappa shape index (κ1) is 12.2. The van der Waals surface area contributed by atoms with Crippen LogP contribution in [0.25, 0.3) is 10.9 Å². The van der Waals surface area contributed by atoms with E-state index >= 15 is 0 Å². The largest absolute Gasteiger partial charge is 0.309 e. The average molecular weight is 275 g/mol. The number of nitrogens with zero attached hydrogens (tertiary/aromatic N) is 2. The van der Waals surface area contributed by atoms with Crippen molar-refractivity contribution in [2.24, 2.45) is 0 Å². The van der Waals surface area contributed by atoms with Gasteiger partial charge in [0.1, 0.15) is 0 Å². The van der Waals surface area contributed by atoms with Crippen molar-refractivity contribution >= 4 is 39.4 Å². The topological polar surface area (TPSA) is 66.1 Å². The molecule has 5 nitrogen and oxygen atoms in total. The number of hydrogen-bond acceptors (Lipinski definition) is 4. The van der Waals surface area contributed by atoms with E-state index in [1.54, 1.807) is 11.1 Å². The summed E-state index contributed by atoms with van der Waals surface area (Å²) < 4.78 is 0. The van der Waals surface area contributed by atoms with Gasteiger partial charge in [0.2, 0.25) is 5.91 Å². The van der Waals surface area contributed by atoms with Gasteiger partial charge in [-0.15, -0.1) is 0 Å². The number of carbonyl (C=O) groups is 2. The lowest BCUT2D eigenvalue weighted by atomic mass is 10.2. The number of anilines is 1. The Hall–Kier alpha value is -1.82. The van der Waals surface area contributed by atoms with E-state index in [1.165, 1.54) is 18.7 Å². The number of aromatic nitrogens is 2. The zero-order valence-electron chi connectivity index (χ0n) is 10.4. The van der Waals surface area contributed by atoms with Crippen LogP contribution in [0.4, 0.5) is 5.69 Å². The molecule has 2 heterocycles. The number of nitrogens with one attached hydrogen (secondary N) is 1. The maximum absolute atomic E-state index is 12.1. The molecule has 0 saturated carbocycles. The number of H-pyrrole nitrogens is 1. The summed E-state index contributed by atoms with van der Waals surface area (Å²) in [6.45, 7) is 2.11. The lowest BCUT2D eigenvalue weighted by Crippen LogP contribution is -2.25. The summed E-state index contributed by atoms with van der Waals surface area (Å²) in [6, 6.07) is 5.76. The van der Waals surface area contributed by atoms with Crippen molar-refractivity contribution in [2.75, 3.05) is 11.4 Å². The van der Waals surface area contributed by atoms with Gasteiger partial charge in [-0.3, -0.25) is 14.7 Å². The summed E-state index contributed by atoms with van der Waals surface area (Å²) in [4.78, 5) is 25.0. The fourth-order valence-electron chi connectivity index (χ4n) is 2.40. The molecule has 1 unspecified atom stereocenters. The van der Waals surface area contributed by atoms with Crippen LogP contribution in [0.5, 0.6) is 0 Å². The van der Waals surface area contributed by atoms with Crippen LogP contribution in [0.15, 0.2) is 24.4 Å². The number of amides is 1. The smallest absolute Gasteiger partial charge is 0.228 e. The molecule has 1 aliphatic rings. The molecule has 3 rings (SSSR count). The van der Waals surface area contributed by atoms with Crippen LogP contribution in [0.1, 0.15) is 13.3 Å². The Morgan fingerprint density at radius 1 is 1.53 bits per heavy atom. The third-order valence-electron chi connectivity index (χ3n) is 3.17. The summed E-state index contributed by atoms with van der Waals surface area (Å²) in [6.07, 6.45) is 2.15. The van der Waals surface area contributed by atoms with Crippen molar-refractivity contribution in [3.63, 3.8) is 0 Å². The predicted molar refractivity (Wildman–Crippen MR) is 75.1 cm³/mol. The first-order valence-corrected chi connectivity index (χ1v) is 6.93. The molecule has 1 saturated heterocycles. The molecule has 0 radical (unpaired) electrons. The highest BCUT2D eigenvalue weighted by atomic mass is 32.2. The zero-order valence-corrected chi connectivity index (χ0v) is 11.2. The lowest BCUT2D eigenvalue weighted by molar-refractivity contribution is -0.117. The van der Waals surface area contributed by atoms with E-state index in [-0.39, 0.29) is 16.3 Å². The molecular formula is C13H13N3O2S. The van der Waals surface area contributed by atoms with Gasteiger partial charge in [-0.1, -0.05) is 23.9 Å². The van der Waals surface area contributed by atoms with E-state index in [0.717, 1.165) is 16.6 Å². The Kier molecular flexibility index (Phi) is 3.02. The van der Waals surface area contributed by atoms with Crippen molar-refractivity contribution in [1.29, 1.82) is 0 Å². The number of carbonyl (C=O) groups excluding carboxylic acids is 2. The van der Waals surface area contributed by atoms with Crippen LogP contribution in [0.3, 0.4) is 0 Å². The van der Waals surface area contributed by atoms with Gasteiger partial charge < -0.3 is 4.90 Å². The van der Waals surface area contributed by atoms with Crippen molar-refractivity contribution < 1.29 is 9.59 Å². The zero-order chi connectivity index (χ0) is 13.4. The maximum atomic E-state index is 12.1. The quantitative estimate of drug-likeness (QED) is 0.909. The summed E-state index contributed by atoms with van der Waals surface area (Å²) in [5.74, 6) is 0.0563. The highest BCUT2D eigenvalue weighted by Crippen LogP contribution is 2.32. The third-order valence-corrected chi connectivity index (χ3v) is 4.15. The first-order chi connectivity index (χ1) is 9.15. The van der Waals surface area contributed by atoms with Gasteiger partial charge in [-0.05, 0) is 6.07 Å². The Bertz CT molecular complexity index is 652. The Balaban J connectivity index is 1.92. The van der Waals surface area contributed by atoms with Gasteiger partial charge in [-0.25, -0.2) is 0 Å². The number of hydrogen-bond donors (Lipinski definition) is 1. The van der Waals surface area contributed by atoms with Gasteiger partial charge in [0.05, 0.1) is 17.4 Å². The Labute approximate surface area is 114 Å². The van der Waals surface area contributed by atoms with Gasteiger partial charge in [0, 0.05) is 30.5 Å². The summed E-state index contributed by atoms with van der Waals surface area (Å²) in [5.41, 5.74) is 1.70. The molecule has 6 heteroatoms. The van der Waals surface area contributed by atoms with E-state index in [1.807, 2.05) is 18.2 Å². The fourth-order valence-corrected chi connectivity index (χ4v) is 3.32. The molecule has 1 N–H and O–H groups in total. The Morgan fingerprint density at radius 3 is 3.16 bits per heavy atom. The van der Waals surface area contributed by atoms with E-state index in [9.17, 15) is 9.59 Å². The molecule has 0 aliphatic carbocycles. The number of thioether (sulfide) groups is 1. The van der Waals surface area contributed by atoms with Crippen LogP contribution < -0.4 is 4.90 Å². The van der Waals surface area contributed by atoms with Crippen LogP contribution in [0.2, 0.25) is 0 Å². The molecule has 19 heavy (non-hydrogen) atoms. The molecule has 1 atom stereocenters. The minimum atomic E-state index is 0.0446. The van der Waals surface area contributed by atoms with Crippen molar-refractivity contribution in [3.8, 4) is 0 Å². The molecule has 1 aromatic heterocycles. The summed E-state index contributed by atoms with van der Waals surface area (Å²) in [7, 11) is 0. The highest BCUT2D eigenvalue weighted by Gasteiger charge is 2.32. The molecule has 98 valence electrons.